The van der Waals surface area contributed by atoms with Crippen LogP contribution in [-0.2, 0) is 6.54 Å². The van der Waals surface area contributed by atoms with Crippen LogP contribution in [0.3, 0.4) is 0 Å². The second kappa shape index (κ2) is 5.57. The molecule has 0 aliphatic heterocycles. The van der Waals surface area contributed by atoms with Crippen molar-refractivity contribution in [3.8, 4) is 0 Å². The Labute approximate surface area is 128 Å². The van der Waals surface area contributed by atoms with Crippen LogP contribution < -0.4 is 10.5 Å². The predicted molar refractivity (Wildman–Crippen MR) is 81.5 cm³/mol. The molecule has 0 aliphatic rings. The number of aromatic carboxylic acids is 1. The Balaban J connectivity index is 1.94. The number of nitrogens with zero attached hydrogens (tertiary/aromatic N) is 3. The molecule has 7 nitrogen and oxygen atoms in total. The number of carboxylic acids is 1. The second-order valence-electron chi connectivity index (χ2n) is 4.64. The fourth-order valence-electron chi connectivity index (χ4n) is 1.98. The normalized spacial score (nSPS) is 10.8. The number of anilines is 1. The van der Waals surface area contributed by atoms with Gasteiger partial charge in [0, 0.05) is 19.3 Å². The summed E-state index contributed by atoms with van der Waals surface area (Å²) in [6, 6.07) is 6.72. The van der Waals surface area contributed by atoms with Crippen molar-refractivity contribution in [3.05, 3.63) is 52.1 Å². The monoisotopic (exact) mass is 317 g/mol. The van der Waals surface area contributed by atoms with Crippen molar-refractivity contribution in [2.24, 2.45) is 0 Å². The van der Waals surface area contributed by atoms with Gasteiger partial charge in [-0.15, -0.1) is 11.3 Å². The maximum atomic E-state index is 11.6. The molecule has 0 unspecified atom stereocenters. The molecule has 0 fully saturated rings. The molecular formula is C14H11N3O4S. The smallest absolute Gasteiger partial charge is 0.351 e. The van der Waals surface area contributed by atoms with Gasteiger partial charge in [0.1, 0.15) is 5.56 Å². The average Bonchev–Trinajstić information content (AvgIpc) is 2.90. The summed E-state index contributed by atoms with van der Waals surface area (Å²) in [6.45, 7) is 0.538. The van der Waals surface area contributed by atoms with Crippen LogP contribution >= 0.6 is 11.3 Å². The maximum Gasteiger partial charge on any atom is 0.351 e. The Morgan fingerprint density at radius 2 is 2.27 bits per heavy atom. The lowest BCUT2D eigenvalue weighted by Gasteiger charge is -2.15. The van der Waals surface area contributed by atoms with Crippen molar-refractivity contribution in [2.75, 3.05) is 11.9 Å². The molecule has 3 aromatic heterocycles. The number of thiophene rings is 1. The molecule has 0 radical (unpaired) electrons. The van der Waals surface area contributed by atoms with E-state index in [1.807, 2.05) is 18.0 Å². The van der Waals surface area contributed by atoms with Gasteiger partial charge < -0.3 is 14.4 Å². The topological polar surface area (TPSA) is 96.5 Å². The molecule has 0 atom stereocenters. The lowest BCUT2D eigenvalue weighted by molar-refractivity contribution is 0.0692. The highest BCUT2D eigenvalue weighted by molar-refractivity contribution is 7.22. The van der Waals surface area contributed by atoms with Crippen molar-refractivity contribution in [2.45, 2.75) is 6.54 Å². The number of hydrogen-bond acceptors (Lipinski definition) is 7. The van der Waals surface area contributed by atoms with Crippen LogP contribution in [0.25, 0.3) is 10.3 Å². The highest BCUT2D eigenvalue weighted by atomic mass is 32.1. The molecule has 0 saturated heterocycles. The first-order valence-corrected chi connectivity index (χ1v) is 7.15. The zero-order valence-corrected chi connectivity index (χ0v) is 12.3. The van der Waals surface area contributed by atoms with Gasteiger partial charge in [0.15, 0.2) is 5.58 Å². The first kappa shape index (κ1) is 14.2. The van der Waals surface area contributed by atoms with Gasteiger partial charge in [0.25, 0.3) is 0 Å². The van der Waals surface area contributed by atoms with Gasteiger partial charge in [-0.1, -0.05) is 0 Å². The van der Waals surface area contributed by atoms with E-state index >= 15 is 0 Å². The maximum absolute atomic E-state index is 11.6. The van der Waals surface area contributed by atoms with E-state index in [-0.39, 0.29) is 5.56 Å². The lowest BCUT2D eigenvalue weighted by Crippen LogP contribution is -2.16. The van der Waals surface area contributed by atoms with Gasteiger partial charge >= 0.3 is 11.6 Å². The van der Waals surface area contributed by atoms with Crippen LogP contribution in [0.2, 0.25) is 0 Å². The van der Waals surface area contributed by atoms with Crippen LogP contribution in [0.1, 0.15) is 16.1 Å². The van der Waals surface area contributed by atoms with Crippen LogP contribution in [-0.4, -0.2) is 28.3 Å². The molecule has 0 saturated carbocycles. The van der Waals surface area contributed by atoms with Gasteiger partial charge in [-0.2, -0.15) is 10.2 Å². The lowest BCUT2D eigenvalue weighted by atomic mass is 10.3. The summed E-state index contributed by atoms with van der Waals surface area (Å²) in [6.07, 6.45) is 1.60. The molecule has 0 aromatic carbocycles. The molecule has 3 aromatic rings. The van der Waals surface area contributed by atoms with Gasteiger partial charge in [-0.05, 0) is 18.2 Å². The minimum Gasteiger partial charge on any atom is -0.477 e. The summed E-state index contributed by atoms with van der Waals surface area (Å²) in [7, 11) is 1.87. The zero-order valence-electron chi connectivity index (χ0n) is 11.5. The quantitative estimate of drug-likeness (QED) is 0.785. The summed E-state index contributed by atoms with van der Waals surface area (Å²) in [5.74, 6) is -1.29. The standard InChI is InChI=1S/C14H11N3O4S/c1-17(7-8-3-2-4-15-16-8)12-6-10-11(22-12)5-9(13(18)19)14(20)21-10/h2-6H,7H2,1H3,(H,18,19). The Kier molecular flexibility index (Phi) is 3.60. The number of aromatic nitrogens is 2. The molecule has 3 rings (SSSR count). The van der Waals surface area contributed by atoms with E-state index in [4.69, 9.17) is 9.52 Å². The molecule has 0 amide bonds. The number of hydrogen-bond donors (Lipinski definition) is 1. The van der Waals surface area contributed by atoms with Gasteiger partial charge in [-0.25, -0.2) is 9.59 Å². The molecule has 8 heteroatoms. The third-order valence-electron chi connectivity index (χ3n) is 3.04. The van der Waals surface area contributed by atoms with Crippen LogP contribution in [0.5, 0.6) is 0 Å². The van der Waals surface area contributed by atoms with E-state index in [2.05, 4.69) is 10.2 Å². The molecule has 0 bridgehead atoms. The number of fused-ring (bicyclic) bond motifs is 1. The predicted octanol–water partition coefficient (Wildman–Crippen LogP) is 1.98. The molecular weight excluding hydrogens is 306 g/mol. The van der Waals surface area contributed by atoms with Crippen LogP contribution in [0, 0.1) is 0 Å². The third-order valence-corrected chi connectivity index (χ3v) is 4.22. The van der Waals surface area contributed by atoms with Crippen LogP contribution in [0.15, 0.2) is 39.7 Å². The minimum absolute atomic E-state index is 0.363. The highest BCUT2D eigenvalue weighted by Crippen LogP contribution is 2.32. The van der Waals surface area contributed by atoms with Crippen molar-refractivity contribution >= 4 is 32.6 Å². The molecule has 22 heavy (non-hydrogen) atoms. The van der Waals surface area contributed by atoms with E-state index in [9.17, 15) is 9.59 Å². The zero-order chi connectivity index (χ0) is 15.7. The van der Waals surface area contributed by atoms with E-state index in [0.717, 1.165) is 10.7 Å². The summed E-state index contributed by atoms with van der Waals surface area (Å²) >= 11 is 1.35. The van der Waals surface area contributed by atoms with E-state index in [1.54, 1.807) is 18.3 Å². The van der Waals surface area contributed by atoms with E-state index in [0.29, 0.717) is 16.8 Å². The Morgan fingerprint density at radius 1 is 1.45 bits per heavy atom. The number of carbonyl (C=O) groups is 1. The first-order valence-electron chi connectivity index (χ1n) is 6.33. The van der Waals surface area contributed by atoms with E-state index < -0.39 is 11.6 Å². The molecule has 3 heterocycles. The summed E-state index contributed by atoms with van der Waals surface area (Å²) in [4.78, 5) is 24.5. The Bertz CT molecular complexity index is 888. The average molecular weight is 317 g/mol. The number of rotatable bonds is 4. The third kappa shape index (κ3) is 2.68. The van der Waals surface area contributed by atoms with Gasteiger partial charge in [0.2, 0.25) is 0 Å². The van der Waals surface area contributed by atoms with E-state index in [1.165, 1.54) is 17.4 Å². The molecule has 112 valence electrons. The van der Waals surface area contributed by atoms with Crippen molar-refractivity contribution in [3.63, 3.8) is 0 Å². The molecule has 0 spiro atoms. The Morgan fingerprint density at radius 3 is 2.95 bits per heavy atom. The molecule has 1 N–H and O–H groups in total. The number of carboxylic acid groups (broad SMARTS) is 1. The minimum atomic E-state index is -1.29. The first-order chi connectivity index (χ1) is 10.5. The Hall–Kier alpha value is -2.74. The van der Waals surface area contributed by atoms with Crippen molar-refractivity contribution in [1.82, 2.24) is 10.2 Å². The highest BCUT2D eigenvalue weighted by Gasteiger charge is 2.15. The summed E-state index contributed by atoms with van der Waals surface area (Å²) in [5.41, 5.74) is -0.0328. The van der Waals surface area contributed by atoms with Gasteiger partial charge in [0.05, 0.1) is 21.9 Å². The molecule has 0 aliphatic carbocycles. The summed E-state index contributed by atoms with van der Waals surface area (Å²) in [5, 5.41) is 17.6. The fourth-order valence-corrected chi connectivity index (χ4v) is 2.97. The largest absolute Gasteiger partial charge is 0.477 e. The fraction of sp³-hybridized carbons (Fsp3) is 0.143. The van der Waals surface area contributed by atoms with Crippen molar-refractivity contribution in [1.29, 1.82) is 0 Å². The second-order valence-corrected chi connectivity index (χ2v) is 5.70. The van der Waals surface area contributed by atoms with Crippen molar-refractivity contribution < 1.29 is 14.3 Å². The SMILES string of the molecule is CN(Cc1cccnn1)c1cc2oc(=O)c(C(=O)O)cc2s1. The van der Waals surface area contributed by atoms with Gasteiger partial charge in [-0.3, -0.25) is 0 Å². The van der Waals surface area contributed by atoms with Crippen LogP contribution in [0.4, 0.5) is 5.00 Å². The summed E-state index contributed by atoms with van der Waals surface area (Å²) < 4.78 is 5.66.